The first-order valence-electron chi connectivity index (χ1n) is 5.84. The Morgan fingerprint density at radius 2 is 2.16 bits per heavy atom. The number of nitrogens with zero attached hydrogens (tertiary/aromatic N) is 1. The zero-order valence-corrected chi connectivity index (χ0v) is 11.0. The molecule has 0 aliphatic rings. The van der Waals surface area contributed by atoms with Crippen molar-refractivity contribution >= 4 is 11.8 Å². The van der Waals surface area contributed by atoms with Crippen LogP contribution in [0.3, 0.4) is 0 Å². The van der Waals surface area contributed by atoms with E-state index in [1.54, 1.807) is 19.2 Å². The highest BCUT2D eigenvalue weighted by Crippen LogP contribution is 2.12. The Labute approximate surface area is 112 Å². The van der Waals surface area contributed by atoms with E-state index >= 15 is 0 Å². The van der Waals surface area contributed by atoms with Crippen LogP contribution in [0.25, 0.3) is 0 Å². The molecule has 0 aromatic heterocycles. The van der Waals surface area contributed by atoms with Crippen molar-refractivity contribution in [1.82, 2.24) is 10.2 Å². The fraction of sp³-hybridized carbons (Fsp3) is 0.385. The van der Waals surface area contributed by atoms with E-state index in [4.69, 9.17) is 4.74 Å². The second kappa shape index (κ2) is 7.38. The van der Waals surface area contributed by atoms with E-state index in [0.29, 0.717) is 18.7 Å². The van der Waals surface area contributed by atoms with Gasteiger partial charge in [-0.05, 0) is 18.2 Å². The van der Waals surface area contributed by atoms with Crippen molar-refractivity contribution in [2.75, 3.05) is 33.9 Å². The van der Waals surface area contributed by atoms with Gasteiger partial charge in [0.15, 0.2) is 0 Å². The third-order valence-electron chi connectivity index (χ3n) is 2.45. The normalized spacial score (nSPS) is 10.0. The van der Waals surface area contributed by atoms with Gasteiger partial charge in [-0.2, -0.15) is 0 Å². The zero-order valence-electron chi connectivity index (χ0n) is 11.0. The average molecular weight is 266 g/mol. The largest absolute Gasteiger partial charge is 0.508 e. The van der Waals surface area contributed by atoms with Crippen LogP contribution in [0.1, 0.15) is 10.4 Å². The lowest BCUT2D eigenvalue weighted by Crippen LogP contribution is -2.39. The molecule has 0 aliphatic carbocycles. The van der Waals surface area contributed by atoms with E-state index in [9.17, 15) is 14.7 Å². The molecule has 6 nitrogen and oxygen atoms in total. The highest BCUT2D eigenvalue weighted by Gasteiger charge is 2.14. The number of hydrogen-bond donors (Lipinski definition) is 2. The van der Waals surface area contributed by atoms with Crippen molar-refractivity contribution in [2.45, 2.75) is 0 Å². The zero-order chi connectivity index (χ0) is 14.3. The summed E-state index contributed by atoms with van der Waals surface area (Å²) in [7, 11) is 3.08. The number of methoxy groups -OCH3 is 1. The van der Waals surface area contributed by atoms with Crippen molar-refractivity contribution in [3.05, 3.63) is 29.8 Å². The van der Waals surface area contributed by atoms with Gasteiger partial charge < -0.3 is 20.1 Å². The van der Waals surface area contributed by atoms with Crippen LogP contribution in [0.4, 0.5) is 0 Å². The first-order valence-corrected chi connectivity index (χ1v) is 5.84. The Morgan fingerprint density at radius 3 is 2.79 bits per heavy atom. The van der Waals surface area contributed by atoms with Gasteiger partial charge in [0.05, 0.1) is 13.2 Å². The van der Waals surface area contributed by atoms with Crippen molar-refractivity contribution in [2.24, 2.45) is 0 Å². The first-order chi connectivity index (χ1) is 9.04. The maximum absolute atomic E-state index is 12.0. The molecule has 1 aromatic carbocycles. The molecule has 0 saturated carbocycles. The molecular weight excluding hydrogens is 248 g/mol. The molecule has 1 rings (SSSR count). The van der Waals surface area contributed by atoms with Gasteiger partial charge in [0, 0.05) is 26.3 Å². The van der Waals surface area contributed by atoms with Crippen LogP contribution in [0.5, 0.6) is 5.75 Å². The molecule has 6 heteroatoms. The Kier molecular flexibility index (Phi) is 5.81. The van der Waals surface area contributed by atoms with Crippen LogP contribution < -0.4 is 5.32 Å². The van der Waals surface area contributed by atoms with Crippen LogP contribution in [-0.2, 0) is 9.53 Å². The summed E-state index contributed by atoms with van der Waals surface area (Å²) in [6, 6.07) is 6.01. The van der Waals surface area contributed by atoms with Gasteiger partial charge in [-0.3, -0.25) is 9.59 Å². The fourth-order valence-electron chi connectivity index (χ4n) is 1.49. The second-order valence-corrected chi connectivity index (χ2v) is 4.05. The number of rotatable bonds is 6. The van der Waals surface area contributed by atoms with Gasteiger partial charge in [-0.1, -0.05) is 6.07 Å². The molecule has 0 unspecified atom stereocenters. The topological polar surface area (TPSA) is 78.9 Å². The lowest BCUT2D eigenvalue weighted by molar-refractivity contribution is -0.121. The van der Waals surface area contributed by atoms with Crippen LogP contribution in [-0.4, -0.2) is 55.7 Å². The van der Waals surface area contributed by atoms with Crippen molar-refractivity contribution < 1.29 is 19.4 Å². The number of hydrogen-bond acceptors (Lipinski definition) is 4. The number of likely N-dealkylation sites (N-methyl/N-ethyl adjacent to an activating group) is 1. The molecule has 0 aliphatic heterocycles. The molecule has 19 heavy (non-hydrogen) atoms. The number of phenols is 1. The summed E-state index contributed by atoms with van der Waals surface area (Å²) in [6.45, 7) is 0.789. The third kappa shape index (κ3) is 4.97. The number of phenolic OH excluding ortho intramolecular Hbond substituents is 1. The lowest BCUT2D eigenvalue weighted by atomic mass is 10.2. The maximum atomic E-state index is 12.0. The summed E-state index contributed by atoms with van der Waals surface area (Å²) in [5.74, 6) is -0.561. The molecule has 1 aromatic rings. The monoisotopic (exact) mass is 266 g/mol. The number of carbonyl (C=O) groups excluding carboxylic acids is 2. The van der Waals surface area contributed by atoms with E-state index in [-0.39, 0.29) is 24.1 Å². The number of benzene rings is 1. The van der Waals surface area contributed by atoms with Gasteiger partial charge >= 0.3 is 0 Å². The molecule has 104 valence electrons. The minimum Gasteiger partial charge on any atom is -0.508 e. The Balaban J connectivity index is 2.51. The molecule has 2 N–H and O–H groups in total. The summed E-state index contributed by atoms with van der Waals surface area (Å²) in [5.41, 5.74) is 0.340. The molecule has 0 fully saturated rings. The Hall–Kier alpha value is -2.08. The van der Waals surface area contributed by atoms with Crippen LogP contribution in [0, 0.1) is 0 Å². The van der Waals surface area contributed by atoms with Gasteiger partial charge in [0.1, 0.15) is 5.75 Å². The quantitative estimate of drug-likeness (QED) is 0.722. The molecule has 0 atom stereocenters. The van der Waals surface area contributed by atoms with Gasteiger partial charge in [-0.15, -0.1) is 0 Å². The van der Waals surface area contributed by atoms with Crippen molar-refractivity contribution in [3.8, 4) is 5.75 Å². The average Bonchev–Trinajstić information content (AvgIpc) is 2.38. The fourth-order valence-corrected chi connectivity index (χ4v) is 1.49. The van der Waals surface area contributed by atoms with Gasteiger partial charge in [0.25, 0.3) is 5.91 Å². The van der Waals surface area contributed by atoms with Crippen molar-refractivity contribution in [1.29, 1.82) is 0 Å². The molecule has 0 saturated heterocycles. The summed E-state index contributed by atoms with van der Waals surface area (Å²) in [6.07, 6.45) is 0. The lowest BCUT2D eigenvalue weighted by Gasteiger charge is -2.16. The Bertz CT molecular complexity index is 448. The summed E-state index contributed by atoms with van der Waals surface area (Å²) in [4.78, 5) is 24.8. The number of carbonyl (C=O) groups is 2. The van der Waals surface area contributed by atoms with Crippen molar-refractivity contribution in [3.63, 3.8) is 0 Å². The number of nitrogens with one attached hydrogen (secondary N) is 1. The van der Waals surface area contributed by atoms with E-state index in [1.165, 1.54) is 24.1 Å². The smallest absolute Gasteiger partial charge is 0.254 e. The second-order valence-electron chi connectivity index (χ2n) is 4.05. The molecular formula is C13H18N2O4. The summed E-state index contributed by atoms with van der Waals surface area (Å²) < 4.78 is 4.80. The molecule has 0 radical (unpaired) electrons. The molecule has 2 amide bonds. The van der Waals surface area contributed by atoms with Crippen LogP contribution in [0.2, 0.25) is 0 Å². The summed E-state index contributed by atoms with van der Waals surface area (Å²) in [5, 5.41) is 11.9. The molecule has 0 spiro atoms. The van der Waals surface area contributed by atoms with Gasteiger partial charge in [0.2, 0.25) is 5.91 Å². The first kappa shape index (κ1) is 15.0. The highest BCUT2D eigenvalue weighted by atomic mass is 16.5. The van der Waals surface area contributed by atoms with E-state index in [1.807, 2.05) is 0 Å². The SMILES string of the molecule is COCCNC(=O)CN(C)C(=O)c1cccc(O)c1. The van der Waals surface area contributed by atoms with Crippen LogP contribution >= 0.6 is 0 Å². The predicted molar refractivity (Wildman–Crippen MR) is 70.0 cm³/mol. The number of amides is 2. The predicted octanol–water partition coefficient (Wildman–Crippen LogP) is 0.227. The Morgan fingerprint density at radius 1 is 1.42 bits per heavy atom. The minimum absolute atomic E-state index is 0.0174. The van der Waals surface area contributed by atoms with Crippen LogP contribution in [0.15, 0.2) is 24.3 Å². The highest BCUT2D eigenvalue weighted by molar-refractivity contribution is 5.96. The van der Waals surface area contributed by atoms with E-state index < -0.39 is 0 Å². The minimum atomic E-state index is -0.321. The molecule has 0 bridgehead atoms. The van der Waals surface area contributed by atoms with E-state index in [2.05, 4.69) is 5.32 Å². The summed E-state index contributed by atoms with van der Waals surface area (Å²) >= 11 is 0. The third-order valence-corrected chi connectivity index (χ3v) is 2.45. The standard InChI is InChI=1S/C13H18N2O4/c1-15(9-12(17)14-6-7-19-2)13(18)10-4-3-5-11(16)8-10/h3-5,8,16H,6-7,9H2,1-2H3,(H,14,17). The molecule has 0 heterocycles. The number of aromatic hydroxyl groups is 1. The number of ether oxygens (including phenoxy) is 1. The van der Waals surface area contributed by atoms with Gasteiger partial charge in [-0.25, -0.2) is 0 Å². The van der Waals surface area contributed by atoms with E-state index in [0.717, 1.165) is 0 Å². The maximum Gasteiger partial charge on any atom is 0.254 e.